The van der Waals surface area contributed by atoms with Crippen LogP contribution < -0.4 is 4.74 Å². The molecule has 4 heteroatoms. The van der Waals surface area contributed by atoms with Crippen molar-refractivity contribution in [3.05, 3.63) is 65.5 Å². The molecule has 2 bridgehead atoms. The molecule has 3 nitrogen and oxygen atoms in total. The van der Waals surface area contributed by atoms with Gasteiger partial charge in [-0.05, 0) is 37.8 Å². The summed E-state index contributed by atoms with van der Waals surface area (Å²) < 4.78 is 20.0. The van der Waals surface area contributed by atoms with Crippen molar-refractivity contribution in [2.45, 2.75) is 49.9 Å². The summed E-state index contributed by atoms with van der Waals surface area (Å²) in [5, 5.41) is 11.2. The van der Waals surface area contributed by atoms with Gasteiger partial charge in [-0.1, -0.05) is 42.3 Å². The number of nitrogens with zero attached hydrogens (tertiary/aromatic N) is 1. The van der Waals surface area contributed by atoms with Gasteiger partial charge in [0.1, 0.15) is 18.2 Å². The number of fused-ring (bicyclic) bond motifs is 2. The predicted octanol–water partition coefficient (Wildman–Crippen LogP) is 3.85. The Bertz CT molecular complexity index is 845. The SMILES string of the molecule is C#CCOc1ccccc1CN1[C@H]2CC[C@H]1CC(O)(c1ccccc1F)C2. The summed E-state index contributed by atoms with van der Waals surface area (Å²) >= 11 is 0. The standard InChI is InChI=1S/C23H24FNO2/c1-2-13-27-22-10-6-3-7-17(22)16-25-18-11-12-19(25)15-23(26,14-18)20-8-4-5-9-21(20)24/h1,3-10,18-19,26H,11-16H2/t18-,19-/m0/s1. The predicted molar refractivity (Wildman–Crippen MR) is 103 cm³/mol. The van der Waals surface area contributed by atoms with Crippen molar-refractivity contribution in [3.8, 4) is 18.1 Å². The fourth-order valence-electron chi connectivity index (χ4n) is 4.72. The summed E-state index contributed by atoms with van der Waals surface area (Å²) in [5.41, 5.74) is 0.438. The summed E-state index contributed by atoms with van der Waals surface area (Å²) in [6.07, 6.45) is 8.47. The highest BCUT2D eigenvalue weighted by Crippen LogP contribution is 2.47. The van der Waals surface area contributed by atoms with Gasteiger partial charge in [-0.15, -0.1) is 6.42 Å². The van der Waals surface area contributed by atoms with E-state index in [0.717, 1.165) is 30.7 Å². The molecule has 1 N–H and O–H groups in total. The highest BCUT2D eigenvalue weighted by atomic mass is 19.1. The number of terminal acetylenes is 1. The van der Waals surface area contributed by atoms with Crippen molar-refractivity contribution < 1.29 is 14.2 Å². The molecule has 27 heavy (non-hydrogen) atoms. The van der Waals surface area contributed by atoms with Crippen LogP contribution in [0.15, 0.2) is 48.5 Å². The second kappa shape index (κ2) is 7.34. The molecule has 0 saturated carbocycles. The number of piperidine rings is 1. The van der Waals surface area contributed by atoms with Crippen molar-refractivity contribution in [1.82, 2.24) is 4.90 Å². The van der Waals surface area contributed by atoms with Crippen LogP contribution in [-0.4, -0.2) is 28.7 Å². The molecule has 2 aliphatic heterocycles. The number of hydrogen-bond acceptors (Lipinski definition) is 3. The molecule has 2 saturated heterocycles. The number of aliphatic hydroxyl groups is 1. The summed E-state index contributed by atoms with van der Waals surface area (Å²) in [6.45, 7) is 1.00. The lowest BCUT2D eigenvalue weighted by atomic mass is 9.80. The fraction of sp³-hybridized carbons (Fsp3) is 0.391. The molecule has 0 amide bonds. The van der Waals surface area contributed by atoms with Crippen molar-refractivity contribution in [3.63, 3.8) is 0 Å². The first-order valence-corrected chi connectivity index (χ1v) is 9.48. The van der Waals surface area contributed by atoms with Gasteiger partial charge in [-0.3, -0.25) is 4.90 Å². The van der Waals surface area contributed by atoms with E-state index in [1.54, 1.807) is 18.2 Å². The molecule has 0 spiro atoms. The average Bonchev–Trinajstić information content (AvgIpc) is 2.91. The zero-order chi connectivity index (χ0) is 18.9. The van der Waals surface area contributed by atoms with Crippen molar-refractivity contribution in [2.75, 3.05) is 6.61 Å². The number of ether oxygens (including phenoxy) is 1. The molecule has 0 aromatic heterocycles. The van der Waals surface area contributed by atoms with Gasteiger partial charge in [-0.2, -0.15) is 0 Å². The van der Waals surface area contributed by atoms with Crippen LogP contribution in [0.4, 0.5) is 4.39 Å². The number of para-hydroxylation sites is 1. The Balaban J connectivity index is 1.54. The van der Waals surface area contributed by atoms with Crippen molar-refractivity contribution in [1.29, 1.82) is 0 Å². The molecule has 2 aromatic rings. The summed E-state index contributed by atoms with van der Waals surface area (Å²) in [4.78, 5) is 2.44. The first kappa shape index (κ1) is 18.0. The number of hydrogen-bond donors (Lipinski definition) is 1. The Morgan fingerprint density at radius 1 is 1.11 bits per heavy atom. The van der Waals surface area contributed by atoms with Crippen LogP contribution in [-0.2, 0) is 12.1 Å². The smallest absolute Gasteiger partial charge is 0.148 e. The van der Waals surface area contributed by atoms with Gasteiger partial charge in [0.2, 0.25) is 0 Å². The molecule has 2 aliphatic rings. The number of halogens is 1. The van der Waals surface area contributed by atoms with E-state index in [2.05, 4.69) is 16.9 Å². The number of rotatable bonds is 5. The largest absolute Gasteiger partial charge is 0.481 e. The Hall–Kier alpha value is -2.35. The number of benzene rings is 2. The van der Waals surface area contributed by atoms with Gasteiger partial charge in [0.25, 0.3) is 0 Å². The highest BCUT2D eigenvalue weighted by molar-refractivity contribution is 5.34. The van der Waals surface area contributed by atoms with E-state index >= 15 is 0 Å². The average molecular weight is 365 g/mol. The minimum atomic E-state index is -1.09. The summed E-state index contributed by atoms with van der Waals surface area (Å²) in [6, 6.07) is 15.0. The normalized spacial score (nSPS) is 27.3. The highest BCUT2D eigenvalue weighted by Gasteiger charge is 2.49. The molecular weight excluding hydrogens is 341 g/mol. The molecule has 2 aromatic carbocycles. The van der Waals surface area contributed by atoms with Crippen molar-refractivity contribution in [2.24, 2.45) is 0 Å². The van der Waals surface area contributed by atoms with E-state index < -0.39 is 5.60 Å². The lowest BCUT2D eigenvalue weighted by molar-refractivity contribution is -0.0616. The van der Waals surface area contributed by atoms with Crippen LogP contribution >= 0.6 is 0 Å². The monoisotopic (exact) mass is 365 g/mol. The molecule has 2 atom stereocenters. The van der Waals surface area contributed by atoms with Gasteiger partial charge in [-0.25, -0.2) is 4.39 Å². The molecule has 140 valence electrons. The second-order valence-electron chi connectivity index (χ2n) is 7.58. The van der Waals surface area contributed by atoms with Crippen LogP contribution in [0.2, 0.25) is 0 Å². The lowest BCUT2D eigenvalue weighted by Gasteiger charge is -2.44. The van der Waals surface area contributed by atoms with E-state index in [9.17, 15) is 9.50 Å². The maximum absolute atomic E-state index is 14.3. The Morgan fingerprint density at radius 2 is 1.78 bits per heavy atom. The molecule has 2 heterocycles. The Kier molecular flexibility index (Phi) is 4.90. The second-order valence-corrected chi connectivity index (χ2v) is 7.58. The van der Waals surface area contributed by atoms with Gasteiger partial charge < -0.3 is 9.84 Å². The van der Waals surface area contributed by atoms with Gasteiger partial charge in [0.15, 0.2) is 0 Å². The Labute approximate surface area is 159 Å². The fourth-order valence-corrected chi connectivity index (χ4v) is 4.72. The zero-order valence-electron chi connectivity index (χ0n) is 15.3. The van der Waals surface area contributed by atoms with Gasteiger partial charge in [0, 0.05) is 29.8 Å². The first-order chi connectivity index (χ1) is 13.1. The van der Waals surface area contributed by atoms with Gasteiger partial charge in [0.05, 0.1) is 5.60 Å². The third-order valence-electron chi connectivity index (χ3n) is 5.93. The molecular formula is C23H24FNO2. The first-order valence-electron chi connectivity index (χ1n) is 9.48. The van der Waals surface area contributed by atoms with E-state index in [4.69, 9.17) is 11.2 Å². The molecule has 2 fully saturated rings. The zero-order valence-corrected chi connectivity index (χ0v) is 15.3. The van der Waals surface area contributed by atoms with Crippen LogP contribution in [0.1, 0.15) is 36.8 Å². The van der Waals surface area contributed by atoms with E-state index in [0.29, 0.717) is 18.4 Å². The molecule has 4 rings (SSSR count). The summed E-state index contributed by atoms with van der Waals surface area (Å²) in [5.74, 6) is 3.00. The van der Waals surface area contributed by atoms with Gasteiger partial charge >= 0.3 is 0 Å². The molecule has 0 aliphatic carbocycles. The third-order valence-corrected chi connectivity index (χ3v) is 5.93. The van der Waals surface area contributed by atoms with E-state index in [1.807, 2.05) is 18.2 Å². The maximum Gasteiger partial charge on any atom is 0.148 e. The van der Waals surface area contributed by atoms with Crippen LogP contribution in [0.25, 0.3) is 0 Å². The van der Waals surface area contributed by atoms with E-state index in [-0.39, 0.29) is 24.5 Å². The molecule has 0 unspecified atom stereocenters. The lowest BCUT2D eigenvalue weighted by Crippen LogP contribution is -2.49. The maximum atomic E-state index is 14.3. The minimum Gasteiger partial charge on any atom is -0.481 e. The van der Waals surface area contributed by atoms with Crippen LogP contribution in [0.3, 0.4) is 0 Å². The topological polar surface area (TPSA) is 32.7 Å². The quantitative estimate of drug-likeness (QED) is 0.817. The van der Waals surface area contributed by atoms with Crippen LogP contribution in [0, 0.1) is 18.2 Å². The molecule has 0 radical (unpaired) electrons. The minimum absolute atomic E-state index is 0.231. The Morgan fingerprint density at radius 3 is 2.48 bits per heavy atom. The van der Waals surface area contributed by atoms with Crippen molar-refractivity contribution >= 4 is 0 Å². The summed E-state index contributed by atoms with van der Waals surface area (Å²) in [7, 11) is 0. The van der Waals surface area contributed by atoms with E-state index in [1.165, 1.54) is 6.07 Å². The van der Waals surface area contributed by atoms with Crippen LogP contribution in [0.5, 0.6) is 5.75 Å². The third kappa shape index (κ3) is 3.45.